The molecule has 0 spiro atoms. The smallest absolute Gasteiger partial charge is 0.154 e. The van der Waals surface area contributed by atoms with E-state index in [2.05, 4.69) is 0 Å². The fourth-order valence-corrected chi connectivity index (χ4v) is 0.252. The molecule has 4 heteroatoms. The molecule has 0 saturated carbocycles. The van der Waals surface area contributed by atoms with Gasteiger partial charge in [0, 0.05) is 6.42 Å². The fraction of sp³-hybridized carbons (Fsp3) is 0.750. The molecule has 0 saturated heterocycles. The molecule has 46 valence electrons. The lowest BCUT2D eigenvalue weighted by molar-refractivity contribution is -0.0619. The molecule has 0 aliphatic rings. The maximum Gasteiger partial charge on any atom is 0.154 e. The number of rotatable bonds is 2. The van der Waals surface area contributed by atoms with Crippen LogP contribution >= 0.6 is 0 Å². The molecule has 4 nitrogen and oxygen atoms in total. The van der Waals surface area contributed by atoms with Crippen molar-refractivity contribution < 1.29 is 15.3 Å². The fourth-order valence-electron chi connectivity index (χ4n) is 0.252. The highest BCUT2D eigenvalue weighted by Crippen LogP contribution is 1.91. The molecule has 0 aliphatic carbocycles. The van der Waals surface area contributed by atoms with Gasteiger partial charge >= 0.3 is 0 Å². The molecule has 3 N–H and O–H groups in total. The molecule has 8 heavy (non-hydrogen) atoms. The first-order valence-corrected chi connectivity index (χ1v) is 2.10. The van der Waals surface area contributed by atoms with Crippen molar-refractivity contribution in [3.05, 3.63) is 0 Å². The van der Waals surface area contributed by atoms with Gasteiger partial charge in [0.25, 0.3) is 0 Å². The third-order valence-electron chi connectivity index (χ3n) is 0.583. The maximum atomic E-state index is 8.35. The summed E-state index contributed by atoms with van der Waals surface area (Å²) in [5.41, 5.74) is 0. The predicted octanol–water partition coefficient (Wildman–Crippen LogP) is -1.43. The molecule has 0 aromatic heterocycles. The van der Waals surface area contributed by atoms with Crippen LogP contribution in [-0.2, 0) is 0 Å². The van der Waals surface area contributed by atoms with Crippen LogP contribution in [0, 0.1) is 11.3 Å². The Morgan fingerprint density at radius 2 is 1.88 bits per heavy atom. The molecule has 0 radical (unpaired) electrons. The molecule has 0 aliphatic heterocycles. The molecule has 0 fully saturated rings. The molecule has 1 unspecified atom stereocenters. The van der Waals surface area contributed by atoms with Gasteiger partial charge in [-0.15, -0.1) is 0 Å². The summed E-state index contributed by atoms with van der Waals surface area (Å²) in [6.07, 6.45) is -3.17. The molecule has 0 amide bonds. The Morgan fingerprint density at radius 1 is 1.38 bits per heavy atom. The molecular weight excluding hydrogens is 110 g/mol. The van der Waals surface area contributed by atoms with Gasteiger partial charge in [0.15, 0.2) is 6.29 Å². The quantitative estimate of drug-likeness (QED) is 0.306. The van der Waals surface area contributed by atoms with Crippen molar-refractivity contribution in [2.45, 2.75) is 18.8 Å². The summed E-state index contributed by atoms with van der Waals surface area (Å²) in [4.78, 5) is 0. The average molecular weight is 117 g/mol. The summed E-state index contributed by atoms with van der Waals surface area (Å²) in [5.74, 6) is 0. The van der Waals surface area contributed by atoms with Gasteiger partial charge in [-0.25, -0.2) is 0 Å². The van der Waals surface area contributed by atoms with Gasteiger partial charge in [-0.1, -0.05) is 0 Å². The van der Waals surface area contributed by atoms with Crippen LogP contribution < -0.4 is 0 Å². The topological polar surface area (TPSA) is 84.5 Å². The van der Waals surface area contributed by atoms with E-state index in [0.29, 0.717) is 0 Å². The van der Waals surface area contributed by atoms with Crippen LogP contribution in [0.2, 0.25) is 0 Å². The van der Waals surface area contributed by atoms with Crippen molar-refractivity contribution >= 4 is 0 Å². The molecule has 1 atom stereocenters. The van der Waals surface area contributed by atoms with Crippen LogP contribution in [0.5, 0.6) is 0 Å². The van der Waals surface area contributed by atoms with E-state index in [1.807, 2.05) is 0 Å². The van der Waals surface area contributed by atoms with Gasteiger partial charge in [0.05, 0.1) is 6.07 Å². The molecule has 0 aromatic carbocycles. The second kappa shape index (κ2) is 3.38. The Balaban J connectivity index is 3.28. The van der Waals surface area contributed by atoms with Crippen LogP contribution in [0.25, 0.3) is 0 Å². The SMILES string of the molecule is N#CC(O)CC(O)O. The second-order valence-electron chi connectivity index (χ2n) is 1.36. The lowest BCUT2D eigenvalue weighted by Crippen LogP contribution is -2.14. The number of aliphatic hydroxyl groups is 3. The summed E-state index contributed by atoms with van der Waals surface area (Å²) in [5, 5.41) is 32.4. The Kier molecular flexibility index (Phi) is 3.12. The largest absolute Gasteiger partial charge is 0.378 e. The van der Waals surface area contributed by atoms with E-state index < -0.39 is 12.4 Å². The summed E-state index contributed by atoms with van der Waals surface area (Å²) in [6, 6.07) is 1.43. The van der Waals surface area contributed by atoms with E-state index in [0.717, 1.165) is 0 Å². The van der Waals surface area contributed by atoms with Crippen LogP contribution in [-0.4, -0.2) is 27.7 Å². The minimum Gasteiger partial charge on any atom is -0.378 e. The lowest BCUT2D eigenvalue weighted by Gasteiger charge is -2.01. The standard InChI is InChI=1S/C4H7NO3/c5-2-3(6)1-4(7)8/h3-4,6-8H,1H2. The van der Waals surface area contributed by atoms with Gasteiger partial charge < -0.3 is 15.3 Å². The summed E-state index contributed by atoms with van der Waals surface area (Å²) in [7, 11) is 0. The number of hydrogen-bond donors (Lipinski definition) is 3. The summed E-state index contributed by atoms with van der Waals surface area (Å²) >= 11 is 0. The third kappa shape index (κ3) is 3.56. The highest BCUT2D eigenvalue weighted by Gasteiger charge is 2.05. The van der Waals surface area contributed by atoms with Crippen LogP contribution in [0.4, 0.5) is 0 Å². The van der Waals surface area contributed by atoms with Gasteiger partial charge in [0.2, 0.25) is 0 Å². The summed E-state index contributed by atoms with van der Waals surface area (Å²) in [6.45, 7) is 0. The Hall–Kier alpha value is -0.630. The number of nitrogens with zero attached hydrogens (tertiary/aromatic N) is 1. The van der Waals surface area contributed by atoms with E-state index in [-0.39, 0.29) is 6.42 Å². The molecular formula is C4H7NO3. The van der Waals surface area contributed by atoms with Gasteiger partial charge in [-0.05, 0) is 0 Å². The van der Waals surface area contributed by atoms with Gasteiger partial charge in [-0.3, -0.25) is 0 Å². The van der Waals surface area contributed by atoms with Gasteiger partial charge in [0.1, 0.15) is 6.10 Å². The van der Waals surface area contributed by atoms with Gasteiger partial charge in [-0.2, -0.15) is 5.26 Å². The molecule has 0 heterocycles. The molecule has 0 aromatic rings. The third-order valence-corrected chi connectivity index (χ3v) is 0.583. The highest BCUT2D eigenvalue weighted by molar-refractivity contribution is 4.81. The van der Waals surface area contributed by atoms with E-state index in [1.165, 1.54) is 6.07 Å². The molecule has 0 rings (SSSR count). The summed E-state index contributed by atoms with van der Waals surface area (Å²) < 4.78 is 0. The molecule has 0 bridgehead atoms. The van der Waals surface area contributed by atoms with Crippen molar-refractivity contribution in [1.82, 2.24) is 0 Å². The van der Waals surface area contributed by atoms with E-state index in [9.17, 15) is 0 Å². The highest BCUT2D eigenvalue weighted by atomic mass is 16.5. The zero-order valence-electron chi connectivity index (χ0n) is 4.15. The van der Waals surface area contributed by atoms with E-state index >= 15 is 0 Å². The monoisotopic (exact) mass is 117 g/mol. The number of nitriles is 1. The van der Waals surface area contributed by atoms with Crippen LogP contribution in [0.15, 0.2) is 0 Å². The normalized spacial score (nSPS) is 13.4. The van der Waals surface area contributed by atoms with E-state index in [1.54, 1.807) is 0 Å². The van der Waals surface area contributed by atoms with Crippen molar-refractivity contribution in [2.75, 3.05) is 0 Å². The predicted molar refractivity (Wildman–Crippen MR) is 24.5 cm³/mol. The Bertz CT molecular complexity index is 95.9. The van der Waals surface area contributed by atoms with Crippen LogP contribution in [0.3, 0.4) is 0 Å². The number of aliphatic hydroxyl groups excluding tert-OH is 2. The van der Waals surface area contributed by atoms with Crippen LogP contribution in [0.1, 0.15) is 6.42 Å². The minimum atomic E-state index is -1.59. The first kappa shape index (κ1) is 7.37. The minimum absolute atomic E-state index is 0.309. The average Bonchev–Trinajstić information content (AvgIpc) is 1.65. The number of hydrogen-bond acceptors (Lipinski definition) is 4. The van der Waals surface area contributed by atoms with E-state index in [4.69, 9.17) is 20.6 Å². The first-order chi connectivity index (χ1) is 3.66. The Morgan fingerprint density at radius 3 is 2.00 bits per heavy atom. The lowest BCUT2D eigenvalue weighted by atomic mass is 10.3. The van der Waals surface area contributed by atoms with Crippen molar-refractivity contribution in [1.29, 1.82) is 5.26 Å². The zero-order valence-corrected chi connectivity index (χ0v) is 4.15. The van der Waals surface area contributed by atoms with Crippen molar-refractivity contribution in [3.63, 3.8) is 0 Å². The van der Waals surface area contributed by atoms with Crippen molar-refractivity contribution in [2.24, 2.45) is 0 Å². The Labute approximate surface area is 46.6 Å². The maximum absolute atomic E-state index is 8.35. The zero-order chi connectivity index (χ0) is 6.57. The van der Waals surface area contributed by atoms with Crippen molar-refractivity contribution in [3.8, 4) is 6.07 Å². The first-order valence-electron chi connectivity index (χ1n) is 2.10. The second-order valence-corrected chi connectivity index (χ2v) is 1.36.